The number of rotatable bonds is 6. The van der Waals surface area contributed by atoms with Crippen molar-refractivity contribution in [1.82, 2.24) is 0 Å². The quantitative estimate of drug-likeness (QED) is 0.820. The molecule has 0 aliphatic rings. The monoisotopic (exact) mass is 235 g/mol. The van der Waals surface area contributed by atoms with Crippen molar-refractivity contribution in [1.29, 1.82) is 0 Å². The van der Waals surface area contributed by atoms with Gasteiger partial charge in [0.1, 0.15) is 5.75 Å². The molecule has 0 spiro atoms. The highest BCUT2D eigenvalue weighted by atomic mass is 16.5. The standard InChI is InChI=1S/C15H25NO/c1-5-14(16)8-6-7-13-10-11(2)9-12(3)15(13)17-4/h9-10,14H,5-8,16H2,1-4H3. The predicted octanol–water partition coefficient (Wildman–Crippen LogP) is 3.37. The van der Waals surface area contributed by atoms with Gasteiger partial charge in [-0.1, -0.05) is 24.6 Å². The molecule has 96 valence electrons. The van der Waals surface area contributed by atoms with Crippen molar-refractivity contribution in [3.8, 4) is 5.75 Å². The highest BCUT2D eigenvalue weighted by molar-refractivity contribution is 5.43. The van der Waals surface area contributed by atoms with Crippen LogP contribution in [-0.2, 0) is 6.42 Å². The summed E-state index contributed by atoms with van der Waals surface area (Å²) in [7, 11) is 1.75. The van der Waals surface area contributed by atoms with Gasteiger partial charge < -0.3 is 10.5 Å². The molecule has 2 heteroatoms. The fourth-order valence-electron chi connectivity index (χ4n) is 2.28. The third-order valence-electron chi connectivity index (χ3n) is 3.25. The van der Waals surface area contributed by atoms with E-state index in [-0.39, 0.29) is 0 Å². The lowest BCUT2D eigenvalue weighted by Gasteiger charge is -2.14. The third kappa shape index (κ3) is 4.04. The molecule has 2 nitrogen and oxygen atoms in total. The largest absolute Gasteiger partial charge is 0.496 e. The Hall–Kier alpha value is -1.02. The zero-order valence-electron chi connectivity index (χ0n) is 11.5. The molecule has 1 aromatic rings. The average Bonchev–Trinajstić information content (AvgIpc) is 2.28. The van der Waals surface area contributed by atoms with Gasteiger partial charge in [-0.3, -0.25) is 0 Å². The van der Waals surface area contributed by atoms with Crippen LogP contribution in [0.3, 0.4) is 0 Å². The highest BCUT2D eigenvalue weighted by Crippen LogP contribution is 2.26. The first-order chi connectivity index (χ1) is 8.08. The van der Waals surface area contributed by atoms with Crippen LogP contribution in [0.5, 0.6) is 5.75 Å². The first-order valence-corrected chi connectivity index (χ1v) is 6.48. The topological polar surface area (TPSA) is 35.2 Å². The van der Waals surface area contributed by atoms with E-state index in [0.29, 0.717) is 6.04 Å². The lowest BCUT2D eigenvalue weighted by molar-refractivity contribution is 0.405. The Labute approximate surface area is 105 Å². The second-order valence-electron chi connectivity index (χ2n) is 4.83. The number of hydrogen-bond donors (Lipinski definition) is 1. The molecule has 1 rings (SSSR count). The number of ether oxygens (including phenoxy) is 1. The van der Waals surface area contributed by atoms with Crippen LogP contribution < -0.4 is 10.5 Å². The summed E-state index contributed by atoms with van der Waals surface area (Å²) < 4.78 is 5.48. The minimum absolute atomic E-state index is 0.340. The molecule has 0 aliphatic heterocycles. The van der Waals surface area contributed by atoms with Crippen LogP contribution in [0.25, 0.3) is 0 Å². The Morgan fingerprint density at radius 2 is 2.00 bits per heavy atom. The normalized spacial score (nSPS) is 12.5. The molecule has 1 atom stereocenters. The predicted molar refractivity (Wildman–Crippen MR) is 73.7 cm³/mol. The maximum Gasteiger partial charge on any atom is 0.124 e. The zero-order valence-corrected chi connectivity index (χ0v) is 11.5. The Bertz CT molecular complexity index is 360. The minimum atomic E-state index is 0.340. The first kappa shape index (κ1) is 14.0. The van der Waals surface area contributed by atoms with E-state index in [1.165, 1.54) is 16.7 Å². The van der Waals surface area contributed by atoms with Gasteiger partial charge in [0.05, 0.1) is 7.11 Å². The molecule has 0 radical (unpaired) electrons. The van der Waals surface area contributed by atoms with E-state index >= 15 is 0 Å². The van der Waals surface area contributed by atoms with Gasteiger partial charge in [-0.05, 0) is 50.7 Å². The Balaban J connectivity index is 2.69. The molecule has 17 heavy (non-hydrogen) atoms. The van der Waals surface area contributed by atoms with E-state index in [9.17, 15) is 0 Å². The van der Waals surface area contributed by atoms with Crippen molar-refractivity contribution in [2.75, 3.05) is 7.11 Å². The molecule has 0 fully saturated rings. The molecule has 0 aliphatic carbocycles. The Morgan fingerprint density at radius 3 is 2.59 bits per heavy atom. The lowest BCUT2D eigenvalue weighted by atomic mass is 9.99. The van der Waals surface area contributed by atoms with Gasteiger partial charge >= 0.3 is 0 Å². The van der Waals surface area contributed by atoms with E-state index in [1.807, 2.05) is 0 Å². The van der Waals surface area contributed by atoms with Crippen molar-refractivity contribution in [3.63, 3.8) is 0 Å². The van der Waals surface area contributed by atoms with Crippen molar-refractivity contribution in [3.05, 3.63) is 28.8 Å². The van der Waals surface area contributed by atoms with Crippen molar-refractivity contribution >= 4 is 0 Å². The van der Waals surface area contributed by atoms with Crippen LogP contribution >= 0.6 is 0 Å². The Kier molecular flexibility index (Phi) is 5.49. The molecule has 1 unspecified atom stereocenters. The number of hydrogen-bond acceptors (Lipinski definition) is 2. The van der Waals surface area contributed by atoms with E-state index in [1.54, 1.807) is 7.11 Å². The van der Waals surface area contributed by atoms with E-state index in [0.717, 1.165) is 31.4 Å². The fourth-order valence-corrected chi connectivity index (χ4v) is 2.28. The summed E-state index contributed by atoms with van der Waals surface area (Å²) in [5.41, 5.74) is 9.78. The number of aryl methyl sites for hydroxylation is 3. The summed E-state index contributed by atoms with van der Waals surface area (Å²) in [4.78, 5) is 0. The fraction of sp³-hybridized carbons (Fsp3) is 0.600. The van der Waals surface area contributed by atoms with Gasteiger partial charge in [-0.25, -0.2) is 0 Å². The molecule has 0 bridgehead atoms. The molecule has 0 saturated heterocycles. The van der Waals surface area contributed by atoms with Gasteiger partial charge in [-0.15, -0.1) is 0 Å². The number of benzene rings is 1. The van der Waals surface area contributed by atoms with Gasteiger partial charge in [0.15, 0.2) is 0 Å². The maximum atomic E-state index is 5.94. The van der Waals surface area contributed by atoms with Crippen LogP contribution in [-0.4, -0.2) is 13.2 Å². The summed E-state index contributed by atoms with van der Waals surface area (Å²) >= 11 is 0. The molecular weight excluding hydrogens is 210 g/mol. The first-order valence-electron chi connectivity index (χ1n) is 6.48. The van der Waals surface area contributed by atoms with Crippen LogP contribution in [0.4, 0.5) is 0 Å². The van der Waals surface area contributed by atoms with E-state index in [4.69, 9.17) is 10.5 Å². The SMILES string of the molecule is CCC(N)CCCc1cc(C)cc(C)c1OC. The summed E-state index contributed by atoms with van der Waals surface area (Å²) in [6.07, 6.45) is 4.34. The van der Waals surface area contributed by atoms with E-state index in [2.05, 4.69) is 32.9 Å². The molecule has 0 heterocycles. The van der Waals surface area contributed by atoms with Gasteiger partial charge in [0, 0.05) is 6.04 Å². The number of nitrogens with two attached hydrogens (primary N) is 1. The highest BCUT2D eigenvalue weighted by Gasteiger charge is 2.08. The van der Waals surface area contributed by atoms with Crippen molar-refractivity contribution < 1.29 is 4.74 Å². The van der Waals surface area contributed by atoms with Crippen LogP contribution in [0, 0.1) is 13.8 Å². The van der Waals surface area contributed by atoms with Gasteiger partial charge in [-0.2, -0.15) is 0 Å². The van der Waals surface area contributed by atoms with E-state index < -0.39 is 0 Å². The second-order valence-corrected chi connectivity index (χ2v) is 4.83. The van der Waals surface area contributed by atoms with Crippen LogP contribution in [0.15, 0.2) is 12.1 Å². The summed E-state index contributed by atoms with van der Waals surface area (Å²) in [5, 5.41) is 0. The van der Waals surface area contributed by atoms with Gasteiger partial charge in [0.2, 0.25) is 0 Å². The molecule has 0 saturated carbocycles. The minimum Gasteiger partial charge on any atom is -0.496 e. The third-order valence-corrected chi connectivity index (χ3v) is 3.25. The van der Waals surface area contributed by atoms with Crippen LogP contribution in [0.1, 0.15) is 42.9 Å². The van der Waals surface area contributed by atoms with Gasteiger partial charge in [0.25, 0.3) is 0 Å². The molecule has 2 N–H and O–H groups in total. The molecular formula is C15H25NO. The summed E-state index contributed by atoms with van der Waals surface area (Å²) in [6, 6.07) is 4.73. The maximum absolute atomic E-state index is 5.94. The zero-order chi connectivity index (χ0) is 12.8. The molecule has 0 amide bonds. The number of methoxy groups -OCH3 is 1. The van der Waals surface area contributed by atoms with Crippen molar-refractivity contribution in [2.45, 2.75) is 52.5 Å². The molecule has 1 aromatic carbocycles. The van der Waals surface area contributed by atoms with Crippen LogP contribution in [0.2, 0.25) is 0 Å². The lowest BCUT2D eigenvalue weighted by Crippen LogP contribution is -2.18. The second kappa shape index (κ2) is 6.65. The molecule has 0 aromatic heterocycles. The van der Waals surface area contributed by atoms with Crippen molar-refractivity contribution in [2.24, 2.45) is 5.73 Å². The summed E-state index contributed by atoms with van der Waals surface area (Å²) in [5.74, 6) is 1.04. The Morgan fingerprint density at radius 1 is 1.29 bits per heavy atom. The average molecular weight is 235 g/mol. The summed E-state index contributed by atoms with van der Waals surface area (Å²) in [6.45, 7) is 6.38. The smallest absolute Gasteiger partial charge is 0.124 e.